The third kappa shape index (κ3) is 4.88. The van der Waals surface area contributed by atoms with Gasteiger partial charge in [0.15, 0.2) is 12.1 Å². The smallest absolute Gasteiger partial charge is 0.274 e. The van der Waals surface area contributed by atoms with E-state index in [1.807, 2.05) is 0 Å². The normalized spacial score (nSPS) is 10.7. The molecule has 1 unspecified atom stereocenters. The van der Waals surface area contributed by atoms with Gasteiger partial charge in [-0.25, -0.2) is 19.6 Å². The van der Waals surface area contributed by atoms with Crippen LogP contribution in [0.1, 0.15) is 22.1 Å². The van der Waals surface area contributed by atoms with Crippen molar-refractivity contribution < 1.29 is 22.8 Å². The van der Waals surface area contributed by atoms with Gasteiger partial charge in [-0.15, -0.1) is 24.8 Å². The fourth-order valence-corrected chi connectivity index (χ4v) is 1.63. The van der Waals surface area contributed by atoms with Gasteiger partial charge < -0.3 is 9.73 Å². The van der Waals surface area contributed by atoms with Gasteiger partial charge >= 0.3 is 0 Å². The van der Waals surface area contributed by atoms with Gasteiger partial charge in [-0.2, -0.15) is 0 Å². The van der Waals surface area contributed by atoms with Crippen LogP contribution in [-0.4, -0.2) is 16.8 Å². The molecule has 0 fully saturated rings. The Morgan fingerprint density at radius 1 is 1.26 bits per heavy atom. The lowest BCUT2D eigenvalue weighted by Crippen LogP contribution is -2.43. The quantitative estimate of drug-likeness (QED) is 0.427. The van der Waals surface area contributed by atoms with Crippen LogP contribution in [-0.2, 0) is 4.79 Å². The van der Waals surface area contributed by atoms with Crippen molar-refractivity contribution in [3.63, 3.8) is 0 Å². The molecular formula is C12H12Cl2F2N4O3. The van der Waals surface area contributed by atoms with E-state index < -0.39 is 29.5 Å². The number of amides is 2. The second kappa shape index (κ2) is 9.03. The van der Waals surface area contributed by atoms with Crippen LogP contribution >= 0.6 is 24.8 Å². The van der Waals surface area contributed by atoms with Crippen LogP contribution in [0.15, 0.2) is 35.3 Å². The average molecular weight is 369 g/mol. The summed E-state index contributed by atoms with van der Waals surface area (Å²) in [6, 6.07) is 1.14. The van der Waals surface area contributed by atoms with E-state index in [0.717, 1.165) is 24.8 Å². The predicted octanol–water partition coefficient (Wildman–Crippen LogP) is 1.26. The van der Waals surface area contributed by atoms with Crippen LogP contribution in [0.4, 0.5) is 8.78 Å². The Kier molecular flexibility index (Phi) is 8.16. The molecule has 1 heterocycles. The van der Waals surface area contributed by atoms with Crippen molar-refractivity contribution >= 4 is 36.6 Å². The number of hydrogen-bond acceptors (Lipinski definition) is 5. The number of hydrogen-bond donors (Lipinski definition) is 3. The van der Waals surface area contributed by atoms with Gasteiger partial charge in [0, 0.05) is 11.6 Å². The van der Waals surface area contributed by atoms with Crippen molar-refractivity contribution in [3.8, 4) is 0 Å². The molecule has 0 aliphatic heterocycles. The molecule has 0 aliphatic rings. The molecule has 0 saturated heterocycles. The number of nitrogens with zero attached hydrogens (tertiary/aromatic N) is 1. The Labute approximate surface area is 141 Å². The molecule has 0 spiro atoms. The van der Waals surface area contributed by atoms with E-state index in [2.05, 4.69) is 14.7 Å². The predicted molar refractivity (Wildman–Crippen MR) is 79.9 cm³/mol. The minimum atomic E-state index is -1.44. The van der Waals surface area contributed by atoms with E-state index in [-0.39, 0.29) is 36.1 Å². The highest BCUT2D eigenvalue weighted by atomic mass is 35.5. The average Bonchev–Trinajstić information content (AvgIpc) is 2.98. The number of carbonyl (C=O) groups excluding carboxylic acids is 2. The number of carbonyl (C=O) groups is 2. The van der Waals surface area contributed by atoms with Crippen molar-refractivity contribution in [1.29, 1.82) is 0 Å². The molecule has 2 aromatic rings. The number of hydrazine groups is 1. The number of rotatable bonds is 4. The summed E-state index contributed by atoms with van der Waals surface area (Å²) in [6.45, 7) is 0. The molecule has 0 aliphatic carbocycles. The Hall–Kier alpha value is -2.23. The summed E-state index contributed by atoms with van der Waals surface area (Å²) in [5, 5.41) is 2.23. The summed E-state index contributed by atoms with van der Waals surface area (Å²) in [5.41, 5.74) is 1.45. The number of aromatic nitrogens is 1. The standard InChI is InChI=1S/C12H10F2N4O3.2ClH/c13-6-1-2-7(8(14)3-6)10(12(20)18-15)17-11(19)9-4-21-5-16-9;;/h1-5,10H,15H2,(H,17,19)(H,18,20);2*1H. The first-order valence-corrected chi connectivity index (χ1v) is 5.67. The van der Waals surface area contributed by atoms with Crippen LogP contribution in [0.5, 0.6) is 0 Å². The highest BCUT2D eigenvalue weighted by Crippen LogP contribution is 2.19. The minimum absolute atomic E-state index is 0. The van der Waals surface area contributed by atoms with Gasteiger partial charge in [0.1, 0.15) is 23.9 Å². The molecule has 126 valence electrons. The first kappa shape index (κ1) is 20.8. The lowest BCUT2D eigenvalue weighted by Gasteiger charge is -2.17. The van der Waals surface area contributed by atoms with Gasteiger partial charge in [0.25, 0.3) is 11.8 Å². The third-order valence-electron chi connectivity index (χ3n) is 2.62. The fourth-order valence-electron chi connectivity index (χ4n) is 1.63. The van der Waals surface area contributed by atoms with Crippen LogP contribution < -0.4 is 16.6 Å². The summed E-state index contributed by atoms with van der Waals surface area (Å²) >= 11 is 0. The summed E-state index contributed by atoms with van der Waals surface area (Å²) < 4.78 is 31.3. The van der Waals surface area contributed by atoms with Crippen LogP contribution in [0.2, 0.25) is 0 Å². The molecule has 23 heavy (non-hydrogen) atoms. The van der Waals surface area contributed by atoms with Gasteiger partial charge in [0.2, 0.25) is 0 Å². The Bertz CT molecular complexity index is 670. The van der Waals surface area contributed by atoms with E-state index in [0.29, 0.717) is 6.07 Å². The second-order valence-corrected chi connectivity index (χ2v) is 3.95. The summed E-state index contributed by atoms with van der Waals surface area (Å²) in [5.74, 6) is 1.54. The number of oxazole rings is 1. The zero-order chi connectivity index (χ0) is 15.4. The van der Waals surface area contributed by atoms with Crippen LogP contribution in [0.3, 0.4) is 0 Å². The topological polar surface area (TPSA) is 110 Å². The molecule has 0 bridgehead atoms. The Morgan fingerprint density at radius 2 is 1.96 bits per heavy atom. The maximum Gasteiger partial charge on any atom is 0.274 e. The second-order valence-electron chi connectivity index (χ2n) is 3.95. The van der Waals surface area contributed by atoms with E-state index in [1.165, 1.54) is 0 Å². The van der Waals surface area contributed by atoms with Gasteiger partial charge in [-0.3, -0.25) is 15.0 Å². The molecule has 0 saturated carbocycles. The van der Waals surface area contributed by atoms with Crippen LogP contribution in [0, 0.1) is 11.6 Å². The highest BCUT2D eigenvalue weighted by molar-refractivity contribution is 5.96. The molecule has 0 radical (unpaired) electrons. The summed E-state index contributed by atoms with van der Waals surface area (Å²) in [4.78, 5) is 27.1. The van der Waals surface area contributed by atoms with Gasteiger partial charge in [0.05, 0.1) is 0 Å². The summed E-state index contributed by atoms with van der Waals surface area (Å²) in [7, 11) is 0. The zero-order valence-corrected chi connectivity index (χ0v) is 12.9. The SMILES string of the molecule is Cl.Cl.NNC(=O)C(NC(=O)c1cocn1)c1ccc(F)cc1F. The van der Waals surface area contributed by atoms with Crippen LogP contribution in [0.25, 0.3) is 0 Å². The highest BCUT2D eigenvalue weighted by Gasteiger charge is 2.26. The largest absolute Gasteiger partial charge is 0.451 e. The first-order chi connectivity index (χ1) is 10.0. The van der Waals surface area contributed by atoms with Gasteiger partial charge in [-0.1, -0.05) is 6.07 Å². The van der Waals surface area contributed by atoms with E-state index in [1.54, 1.807) is 5.43 Å². The van der Waals surface area contributed by atoms with Crippen molar-refractivity contribution in [2.45, 2.75) is 6.04 Å². The molecule has 11 heteroatoms. The monoisotopic (exact) mass is 368 g/mol. The van der Waals surface area contributed by atoms with Gasteiger partial charge in [-0.05, 0) is 6.07 Å². The molecule has 1 aromatic carbocycles. The maximum atomic E-state index is 13.7. The number of benzene rings is 1. The Morgan fingerprint density at radius 3 is 2.48 bits per heavy atom. The lowest BCUT2D eigenvalue weighted by atomic mass is 10.1. The minimum Gasteiger partial charge on any atom is -0.451 e. The molecule has 2 amide bonds. The third-order valence-corrected chi connectivity index (χ3v) is 2.62. The summed E-state index contributed by atoms with van der Waals surface area (Å²) in [6.07, 6.45) is 2.07. The molecule has 7 nitrogen and oxygen atoms in total. The first-order valence-electron chi connectivity index (χ1n) is 5.67. The zero-order valence-electron chi connectivity index (χ0n) is 11.3. The molecule has 2 rings (SSSR count). The molecular weight excluding hydrogens is 357 g/mol. The number of nitrogens with two attached hydrogens (primary N) is 1. The van der Waals surface area contributed by atoms with E-state index in [9.17, 15) is 18.4 Å². The van der Waals surface area contributed by atoms with Crippen molar-refractivity contribution in [2.75, 3.05) is 0 Å². The molecule has 1 atom stereocenters. The van der Waals surface area contributed by atoms with Crippen molar-refractivity contribution in [1.82, 2.24) is 15.7 Å². The van der Waals surface area contributed by atoms with Crippen molar-refractivity contribution in [2.24, 2.45) is 5.84 Å². The maximum absolute atomic E-state index is 13.7. The lowest BCUT2D eigenvalue weighted by molar-refractivity contribution is -0.123. The Balaban J connectivity index is 0.00000242. The fraction of sp³-hybridized carbons (Fsp3) is 0.0833. The number of nitrogens with one attached hydrogen (secondary N) is 2. The number of halogens is 4. The molecule has 4 N–H and O–H groups in total. The molecule has 1 aromatic heterocycles. The van der Waals surface area contributed by atoms with Crippen molar-refractivity contribution in [3.05, 3.63) is 53.7 Å². The van der Waals surface area contributed by atoms with E-state index in [4.69, 9.17) is 5.84 Å². The van der Waals surface area contributed by atoms with E-state index >= 15 is 0 Å².